The Balaban J connectivity index is 0.000000211. The number of carbonyl (C=O) groups excluding carboxylic acids is 13. The second-order valence-electron chi connectivity index (χ2n) is 37.1. The van der Waals surface area contributed by atoms with E-state index in [2.05, 4.69) is 36.8 Å². The van der Waals surface area contributed by atoms with Crippen molar-refractivity contribution in [2.75, 3.05) is 147 Å². The number of benzene rings is 6. The van der Waals surface area contributed by atoms with Gasteiger partial charge in [-0.3, -0.25) is 77.0 Å². The summed E-state index contributed by atoms with van der Waals surface area (Å²) in [6.45, 7) is 20.0. The van der Waals surface area contributed by atoms with Crippen LogP contribution in [0.5, 0.6) is 11.5 Å². The Morgan fingerprint density at radius 1 is 0.397 bits per heavy atom. The van der Waals surface area contributed by atoms with Crippen LogP contribution in [0.15, 0.2) is 152 Å². The number of morpholine rings is 3. The Morgan fingerprint density at radius 2 is 0.662 bits per heavy atom. The molecule has 0 spiro atoms. The highest BCUT2D eigenvalue weighted by atomic mass is 19.3. The van der Waals surface area contributed by atoms with Crippen molar-refractivity contribution in [3.63, 3.8) is 0 Å². The van der Waals surface area contributed by atoms with Crippen LogP contribution in [0.3, 0.4) is 0 Å². The van der Waals surface area contributed by atoms with E-state index in [4.69, 9.17) is 43.6 Å². The van der Waals surface area contributed by atoms with Gasteiger partial charge >= 0.3 is 0 Å². The fourth-order valence-electron chi connectivity index (χ4n) is 16.2. The predicted molar refractivity (Wildman–Crippen MR) is 502 cm³/mol. The van der Waals surface area contributed by atoms with Crippen molar-refractivity contribution in [1.29, 1.82) is 0 Å². The zero-order valence-corrected chi connectivity index (χ0v) is 79.8. The summed E-state index contributed by atoms with van der Waals surface area (Å²) < 4.78 is 69.8. The molecular weight excluding hydrogens is 1750 g/mol. The van der Waals surface area contributed by atoms with E-state index in [0.717, 1.165) is 41.3 Å². The zero-order chi connectivity index (χ0) is 98.4. The fraction of sp³-hybridized carbons (Fsp3) is 0.520. The van der Waals surface area contributed by atoms with Crippen molar-refractivity contribution < 1.29 is 109 Å². The number of amides is 7. The molecule has 0 aliphatic carbocycles. The number of nitrogens with zero attached hydrogens (tertiary/aromatic N) is 4. The number of carbonyl (C=O) groups is 13. The quantitative estimate of drug-likeness (QED) is 0.0230. The highest BCUT2D eigenvalue weighted by Crippen LogP contribution is 2.34. The Kier molecular flexibility index (Phi) is 39.8. The van der Waals surface area contributed by atoms with Crippen LogP contribution in [0.1, 0.15) is 123 Å². The van der Waals surface area contributed by atoms with Gasteiger partial charge in [0.15, 0.2) is 34.7 Å². The zero-order valence-electron chi connectivity index (χ0n) is 79.8. The lowest BCUT2D eigenvalue weighted by atomic mass is 9.89. The van der Waals surface area contributed by atoms with Crippen molar-refractivity contribution in [3.8, 4) is 11.5 Å². The third kappa shape index (κ3) is 34.7. The normalized spacial score (nSPS) is 20.1. The van der Waals surface area contributed by atoms with E-state index in [0.29, 0.717) is 126 Å². The van der Waals surface area contributed by atoms with E-state index >= 15 is 0 Å². The first-order valence-electron chi connectivity index (χ1n) is 46.4. The summed E-state index contributed by atoms with van der Waals surface area (Å²) in [7, 11) is 7.14. The molecule has 0 saturated carbocycles. The van der Waals surface area contributed by atoms with Gasteiger partial charge in [0, 0.05) is 94.8 Å². The van der Waals surface area contributed by atoms with Crippen LogP contribution in [0.2, 0.25) is 0 Å². The molecule has 6 saturated heterocycles. The number of alkyl halides is 2. The van der Waals surface area contributed by atoms with Crippen LogP contribution < -0.4 is 47.1 Å². The third-order valence-electron chi connectivity index (χ3n) is 24.9. The number of hydrogen-bond acceptors (Lipinski definition) is 25. The minimum atomic E-state index is -2.86. The van der Waals surface area contributed by atoms with Gasteiger partial charge < -0.3 is 80.4 Å². The fourth-order valence-corrected chi connectivity index (χ4v) is 16.2. The van der Waals surface area contributed by atoms with Gasteiger partial charge in [0.1, 0.15) is 28.3 Å². The maximum absolute atomic E-state index is 13.9. The van der Waals surface area contributed by atoms with E-state index in [1.165, 1.54) is 0 Å². The molecule has 0 aromatic heterocycles. The lowest BCUT2D eigenvalue weighted by Gasteiger charge is -2.27. The van der Waals surface area contributed by atoms with Crippen molar-refractivity contribution in [1.82, 2.24) is 51.5 Å². The molecule has 0 bridgehead atoms. The number of rotatable bonds is 49. The molecule has 0 radical (unpaired) electrons. The molecule has 0 unspecified atom stereocenters. The first-order valence-corrected chi connectivity index (χ1v) is 46.4. The maximum atomic E-state index is 13.9. The molecule has 6 aromatic rings. The summed E-state index contributed by atoms with van der Waals surface area (Å²) in [5.74, 6) is -8.41. The SMILES string of the molecule is COc1ccc(C[C@H](CC(=O)[C@H](C)NC(=O)CN2CCOCC2)C(=O)N[C@@H](Cc2ccc(C(N)=O)cc2)C(=O)[C@@]2(C)CO2)cc1.COc1ccc(C[C@H](CC(=O)[C@H](C)NC(=O)CN2CCOCC2)C(=O)N[C@@H](Cc2ccc(CN(C)C)cc2)C(=O)[C@@]2(C)CO2)cc1.C[C@H](NC(=O)CN1CCOCC1)C(=O)C[C@@H](Cc1ccc(CC(C)(F)F)cc1)C(=O)N[C@@H](Cc1ccccc1)C(=O)[C@@]1(C)CO1. The molecule has 6 aromatic carbocycles. The first kappa shape index (κ1) is 107. The number of hydrogen-bond donors (Lipinski definition) is 7. The topological polar surface area (TPSA) is 417 Å². The first-order chi connectivity index (χ1) is 64.7. The Hall–Kier alpha value is -11.3. The molecule has 12 atom stereocenters. The van der Waals surface area contributed by atoms with E-state index in [-0.39, 0.29) is 137 Å². The average molecular weight is 1890 g/mol. The van der Waals surface area contributed by atoms with E-state index in [1.807, 2.05) is 108 Å². The highest BCUT2D eigenvalue weighted by molar-refractivity contribution is 6.01. The molecule has 6 fully saturated rings. The third-order valence-corrected chi connectivity index (χ3v) is 24.9. The van der Waals surface area contributed by atoms with E-state index in [9.17, 15) is 71.1 Å². The standard InChI is InChI=1S/C35H48N4O7.C34H43F2N3O6.C33H42N4O8/c1-24(36-32(41)22-39-14-16-45-17-15-39)31(40)20-28(18-25-10-12-29(44-5)13-11-25)34(43)37-30(33(42)35(2)23-46-35)19-26-6-8-27(9-7-26)21-38(3)4;1-23(37-30(41)21-39-13-15-44-16-14-39)29(40)19-27(17-25-9-11-26(12-10-25)20-34(3,35)36)32(43)38-28(31(42)33(2)22-45-33)18-24-7-5-4-6-8-24;1-21(35-29(39)19-37-12-14-44-15-13-37)28(38)18-25(16-22-6-10-26(43-3)11-7-22)32(42)36-27(30(40)33(2)20-45-33)17-23-4-8-24(9-5-23)31(34)41/h6-13,24,28,30H,14-23H2,1-5H3,(H,36,41)(H,37,43);4-12,23,27-28H,13-22H2,1-3H3,(H,37,41)(H,38,43);4-11,21,25,27H,12-20H2,1-3H3,(H2,34,41)(H,35,39)(H,36,42)/t24-,28+,30-,35+;23-,27+,28-,33+;21-,25+,27-,33+/m000/s1. The van der Waals surface area contributed by atoms with Gasteiger partial charge in [-0.05, 0) is 182 Å². The summed E-state index contributed by atoms with van der Waals surface area (Å²) in [6.07, 6.45) is 0.448. The van der Waals surface area contributed by atoms with Gasteiger partial charge in [0.05, 0.1) is 130 Å². The van der Waals surface area contributed by atoms with Crippen molar-refractivity contribution in [2.45, 2.75) is 178 Å². The van der Waals surface area contributed by atoms with Crippen molar-refractivity contribution in [3.05, 3.63) is 202 Å². The van der Waals surface area contributed by atoms with Gasteiger partial charge in [0.2, 0.25) is 47.3 Å². The summed E-state index contributed by atoms with van der Waals surface area (Å²) in [5.41, 5.74) is 9.14. The Bertz CT molecular complexity index is 5020. The van der Waals surface area contributed by atoms with Gasteiger partial charge in [-0.15, -0.1) is 0 Å². The van der Waals surface area contributed by atoms with Crippen LogP contribution in [0.4, 0.5) is 8.78 Å². The number of ether oxygens (including phenoxy) is 8. The van der Waals surface area contributed by atoms with Crippen LogP contribution in [0.25, 0.3) is 0 Å². The average Bonchev–Trinajstić information content (AvgIpc) is 1.64. The Labute approximate surface area is 794 Å². The van der Waals surface area contributed by atoms with Crippen molar-refractivity contribution >= 4 is 76.0 Å². The number of nitrogens with two attached hydrogens (primary N) is 1. The molecule has 32 nitrogen and oxygen atoms in total. The molecule has 8 N–H and O–H groups in total. The van der Waals surface area contributed by atoms with Crippen LogP contribution in [-0.2, 0) is 137 Å². The second kappa shape index (κ2) is 50.7. The highest BCUT2D eigenvalue weighted by Gasteiger charge is 2.53. The van der Waals surface area contributed by atoms with E-state index < -0.39 is 107 Å². The van der Waals surface area contributed by atoms with Gasteiger partial charge in [0.25, 0.3) is 0 Å². The number of nitrogens with one attached hydrogen (secondary N) is 6. The molecule has 6 aliphatic heterocycles. The van der Waals surface area contributed by atoms with Gasteiger partial charge in [-0.2, -0.15) is 0 Å². The van der Waals surface area contributed by atoms with Crippen LogP contribution in [-0.4, -0.2) is 301 Å². The molecule has 736 valence electrons. The van der Waals surface area contributed by atoms with Crippen molar-refractivity contribution in [2.24, 2.45) is 23.5 Å². The number of ketones is 6. The molecule has 12 rings (SSSR count). The lowest BCUT2D eigenvalue weighted by molar-refractivity contribution is -0.134. The second-order valence-corrected chi connectivity index (χ2v) is 37.1. The number of primary amides is 1. The largest absolute Gasteiger partial charge is 0.497 e. The summed E-state index contributed by atoms with van der Waals surface area (Å²) in [5, 5.41) is 17.1. The monoisotopic (exact) mass is 1890 g/mol. The smallest absolute Gasteiger partial charge is 0.249 e. The summed E-state index contributed by atoms with van der Waals surface area (Å²) in [4.78, 5) is 180. The minimum absolute atomic E-state index is 0.106. The van der Waals surface area contributed by atoms with Crippen LogP contribution in [0, 0.1) is 17.8 Å². The maximum Gasteiger partial charge on any atom is 0.249 e. The van der Waals surface area contributed by atoms with Gasteiger partial charge in [-0.25, -0.2) is 8.78 Å². The Morgan fingerprint density at radius 3 is 0.934 bits per heavy atom. The minimum Gasteiger partial charge on any atom is -0.497 e. The van der Waals surface area contributed by atoms with Crippen LogP contribution >= 0.6 is 0 Å². The molecule has 7 amide bonds. The molecule has 6 aliphatic rings. The molecule has 136 heavy (non-hydrogen) atoms. The molecular formula is C102H133F2N11O21. The van der Waals surface area contributed by atoms with E-state index in [1.54, 1.807) is 129 Å². The lowest BCUT2D eigenvalue weighted by Crippen LogP contribution is -2.50. The number of halogens is 2. The molecule has 34 heteroatoms. The molecule has 6 heterocycles. The van der Waals surface area contributed by atoms with Gasteiger partial charge in [-0.1, -0.05) is 115 Å². The number of methoxy groups -OCH3 is 2. The summed E-state index contributed by atoms with van der Waals surface area (Å²) in [6, 6.07) is 39.7. The predicted octanol–water partition coefficient (Wildman–Crippen LogP) is 5.56. The number of Topliss-reactive ketones (excluding diaryl/α,β-unsaturated/α-hetero) is 6. The number of epoxide rings is 3. The summed E-state index contributed by atoms with van der Waals surface area (Å²) >= 11 is 0.